The molecule has 0 saturated heterocycles. The summed E-state index contributed by atoms with van der Waals surface area (Å²) in [6.07, 6.45) is 4.83. The van der Waals surface area contributed by atoms with Gasteiger partial charge in [-0.3, -0.25) is 4.79 Å². The Kier molecular flexibility index (Phi) is 6.11. The third-order valence-electron chi connectivity index (χ3n) is 4.65. The van der Waals surface area contributed by atoms with Gasteiger partial charge >= 0.3 is 0 Å². The van der Waals surface area contributed by atoms with Gasteiger partial charge in [0, 0.05) is 13.0 Å². The Morgan fingerprint density at radius 1 is 1.19 bits per heavy atom. The number of fused-ring (bicyclic) bond motifs is 1. The van der Waals surface area contributed by atoms with Crippen molar-refractivity contribution in [1.29, 1.82) is 0 Å². The molecule has 1 aromatic heterocycles. The minimum absolute atomic E-state index is 0.0863. The van der Waals surface area contributed by atoms with Crippen LogP contribution in [0.5, 0.6) is 0 Å². The average molecular weight is 393 g/mol. The fourth-order valence-corrected chi connectivity index (χ4v) is 5.28. The van der Waals surface area contributed by atoms with Gasteiger partial charge in [-0.1, -0.05) is 24.3 Å². The lowest BCUT2D eigenvalue weighted by atomic mass is 9.89. The van der Waals surface area contributed by atoms with Crippen LogP contribution < -0.4 is 10.0 Å². The van der Waals surface area contributed by atoms with E-state index in [9.17, 15) is 13.2 Å². The highest BCUT2D eigenvalue weighted by atomic mass is 32.2. The predicted octanol–water partition coefficient (Wildman–Crippen LogP) is 3.17. The standard InChI is InChI=1S/C19H24N2O3S2/c1-14(16-9-8-15-5-2-3-6-17(15)13-16)21-18(22)10-11-20-26(23,24)19-7-4-12-25-19/h4,7-9,12-14,20H,2-3,5-6,10-11H2,1H3,(H,21,22). The molecule has 5 nitrogen and oxygen atoms in total. The van der Waals surface area contributed by atoms with Crippen molar-refractivity contribution < 1.29 is 13.2 Å². The fourth-order valence-electron chi connectivity index (χ4n) is 3.21. The van der Waals surface area contributed by atoms with Crippen LogP contribution in [0.4, 0.5) is 0 Å². The number of sulfonamides is 1. The van der Waals surface area contributed by atoms with E-state index < -0.39 is 10.0 Å². The van der Waals surface area contributed by atoms with Crippen molar-refractivity contribution in [3.63, 3.8) is 0 Å². The smallest absolute Gasteiger partial charge is 0.250 e. The fraction of sp³-hybridized carbons (Fsp3) is 0.421. The van der Waals surface area contributed by atoms with E-state index in [4.69, 9.17) is 0 Å². The SMILES string of the molecule is CC(NC(=O)CCNS(=O)(=O)c1cccs1)c1ccc2c(c1)CCCC2. The Hall–Kier alpha value is -1.70. The minimum atomic E-state index is -3.52. The van der Waals surface area contributed by atoms with E-state index >= 15 is 0 Å². The van der Waals surface area contributed by atoms with E-state index in [1.807, 2.05) is 6.92 Å². The second-order valence-electron chi connectivity index (χ2n) is 6.60. The van der Waals surface area contributed by atoms with Gasteiger partial charge in [-0.25, -0.2) is 13.1 Å². The third kappa shape index (κ3) is 4.72. The van der Waals surface area contributed by atoms with Crippen LogP contribution in [0.3, 0.4) is 0 Å². The van der Waals surface area contributed by atoms with Gasteiger partial charge in [0.25, 0.3) is 0 Å². The first kappa shape index (κ1) is 19.1. The number of carbonyl (C=O) groups excluding carboxylic acids is 1. The molecule has 1 aromatic carbocycles. The topological polar surface area (TPSA) is 75.3 Å². The molecule has 1 atom stereocenters. The molecular formula is C19H24N2O3S2. The monoisotopic (exact) mass is 392 g/mol. The second-order valence-corrected chi connectivity index (χ2v) is 9.55. The number of benzene rings is 1. The summed E-state index contributed by atoms with van der Waals surface area (Å²) in [6.45, 7) is 2.04. The van der Waals surface area contributed by atoms with Crippen molar-refractivity contribution in [3.8, 4) is 0 Å². The summed E-state index contributed by atoms with van der Waals surface area (Å²) in [4.78, 5) is 12.1. The largest absolute Gasteiger partial charge is 0.350 e. The van der Waals surface area contributed by atoms with Gasteiger partial charge < -0.3 is 5.32 Å². The van der Waals surface area contributed by atoms with Crippen molar-refractivity contribution in [2.24, 2.45) is 0 Å². The van der Waals surface area contributed by atoms with Crippen LogP contribution in [0.25, 0.3) is 0 Å². The molecule has 0 bridgehead atoms. The minimum Gasteiger partial charge on any atom is -0.350 e. The van der Waals surface area contributed by atoms with Crippen molar-refractivity contribution in [3.05, 3.63) is 52.4 Å². The van der Waals surface area contributed by atoms with Gasteiger partial charge in [-0.2, -0.15) is 0 Å². The predicted molar refractivity (Wildman–Crippen MR) is 104 cm³/mol. The maximum atomic E-state index is 12.1. The van der Waals surface area contributed by atoms with Gasteiger partial charge in [0.15, 0.2) is 0 Å². The van der Waals surface area contributed by atoms with Gasteiger partial charge in [0.05, 0.1) is 6.04 Å². The summed E-state index contributed by atoms with van der Waals surface area (Å²) in [5, 5.41) is 4.66. The summed E-state index contributed by atoms with van der Waals surface area (Å²) in [5.74, 6) is -0.163. The molecule has 0 saturated carbocycles. The van der Waals surface area contributed by atoms with Crippen LogP contribution in [0.2, 0.25) is 0 Å². The molecule has 3 rings (SSSR count). The normalized spacial score (nSPS) is 15.3. The van der Waals surface area contributed by atoms with Crippen LogP contribution >= 0.6 is 11.3 Å². The second kappa shape index (κ2) is 8.33. The first-order valence-corrected chi connectivity index (χ1v) is 11.3. The summed E-state index contributed by atoms with van der Waals surface area (Å²) in [7, 11) is -3.52. The van der Waals surface area contributed by atoms with Gasteiger partial charge in [0.2, 0.25) is 15.9 Å². The molecule has 1 unspecified atom stereocenters. The lowest BCUT2D eigenvalue weighted by Crippen LogP contribution is -2.32. The molecule has 1 amide bonds. The molecule has 1 aliphatic carbocycles. The van der Waals surface area contributed by atoms with Crippen LogP contribution in [0.15, 0.2) is 39.9 Å². The molecule has 0 spiro atoms. The zero-order chi connectivity index (χ0) is 18.6. The van der Waals surface area contributed by atoms with E-state index in [0.29, 0.717) is 0 Å². The first-order chi connectivity index (χ1) is 12.5. The number of thiophene rings is 1. The molecule has 0 fully saturated rings. The Morgan fingerprint density at radius 3 is 2.69 bits per heavy atom. The number of carbonyl (C=O) groups is 1. The Morgan fingerprint density at radius 2 is 1.96 bits per heavy atom. The van der Waals surface area contributed by atoms with E-state index in [1.54, 1.807) is 17.5 Å². The van der Waals surface area contributed by atoms with Crippen LogP contribution in [0, 0.1) is 0 Å². The molecule has 1 heterocycles. The van der Waals surface area contributed by atoms with Gasteiger partial charge in [-0.05, 0) is 60.7 Å². The molecule has 140 valence electrons. The van der Waals surface area contributed by atoms with Crippen LogP contribution in [-0.4, -0.2) is 20.9 Å². The average Bonchev–Trinajstić information content (AvgIpc) is 3.16. The van der Waals surface area contributed by atoms with E-state index in [0.717, 1.165) is 29.7 Å². The van der Waals surface area contributed by atoms with Crippen molar-refractivity contribution in [2.75, 3.05) is 6.54 Å². The third-order valence-corrected chi connectivity index (χ3v) is 7.51. The first-order valence-electron chi connectivity index (χ1n) is 8.90. The number of hydrogen-bond donors (Lipinski definition) is 2. The maximum absolute atomic E-state index is 12.1. The number of hydrogen-bond acceptors (Lipinski definition) is 4. The highest BCUT2D eigenvalue weighted by Gasteiger charge is 2.17. The summed E-state index contributed by atoms with van der Waals surface area (Å²) in [5.41, 5.74) is 3.90. The van der Waals surface area contributed by atoms with E-state index in [2.05, 4.69) is 28.2 Å². The Labute approximate surface area is 158 Å². The molecule has 0 radical (unpaired) electrons. The summed E-state index contributed by atoms with van der Waals surface area (Å²) >= 11 is 1.16. The van der Waals surface area contributed by atoms with Crippen molar-refractivity contribution in [1.82, 2.24) is 10.0 Å². The highest BCUT2D eigenvalue weighted by Crippen LogP contribution is 2.24. The zero-order valence-electron chi connectivity index (χ0n) is 14.8. The molecule has 2 aromatic rings. The molecule has 1 aliphatic rings. The summed E-state index contributed by atoms with van der Waals surface area (Å²) in [6, 6.07) is 9.58. The van der Waals surface area contributed by atoms with Crippen molar-refractivity contribution >= 4 is 27.3 Å². The molecule has 0 aliphatic heterocycles. The quantitative estimate of drug-likeness (QED) is 0.760. The zero-order valence-corrected chi connectivity index (χ0v) is 16.5. The van der Waals surface area contributed by atoms with Crippen LogP contribution in [0.1, 0.15) is 48.9 Å². The molecule has 26 heavy (non-hydrogen) atoms. The number of amides is 1. The Bertz CT molecular complexity index is 861. The van der Waals surface area contributed by atoms with E-state index in [1.165, 1.54) is 24.0 Å². The molecule has 2 N–H and O–H groups in total. The number of aryl methyl sites for hydroxylation is 2. The van der Waals surface area contributed by atoms with Gasteiger partial charge in [-0.15, -0.1) is 11.3 Å². The lowest BCUT2D eigenvalue weighted by Gasteiger charge is -2.20. The summed E-state index contributed by atoms with van der Waals surface area (Å²) < 4.78 is 26.8. The highest BCUT2D eigenvalue weighted by molar-refractivity contribution is 7.91. The molecular weight excluding hydrogens is 368 g/mol. The van der Waals surface area contributed by atoms with E-state index in [-0.39, 0.29) is 29.1 Å². The van der Waals surface area contributed by atoms with Gasteiger partial charge in [0.1, 0.15) is 4.21 Å². The van der Waals surface area contributed by atoms with Crippen molar-refractivity contribution in [2.45, 2.75) is 49.3 Å². The number of nitrogens with one attached hydrogen (secondary N) is 2. The number of rotatable bonds is 7. The lowest BCUT2D eigenvalue weighted by molar-refractivity contribution is -0.121. The Balaban J connectivity index is 1.50. The molecule has 7 heteroatoms. The van der Waals surface area contributed by atoms with Crippen LogP contribution in [-0.2, 0) is 27.7 Å². The maximum Gasteiger partial charge on any atom is 0.250 e.